The zero-order valence-corrected chi connectivity index (χ0v) is 11.2. The average Bonchev–Trinajstić information content (AvgIpc) is 2.94. The Balaban J connectivity index is 2.11. The number of nitrogens with one attached hydrogen (secondary N) is 1. The molecular formula is C14H13F4NO3. The van der Waals surface area contributed by atoms with Crippen LogP contribution in [0.1, 0.15) is 17.4 Å². The Morgan fingerprint density at radius 1 is 1.27 bits per heavy atom. The van der Waals surface area contributed by atoms with Crippen molar-refractivity contribution >= 4 is 0 Å². The third-order valence-electron chi connectivity index (χ3n) is 2.86. The van der Waals surface area contributed by atoms with Gasteiger partial charge in [0.05, 0.1) is 18.9 Å². The van der Waals surface area contributed by atoms with E-state index in [1.165, 1.54) is 12.3 Å². The fourth-order valence-corrected chi connectivity index (χ4v) is 1.87. The number of ether oxygens (including phenoxy) is 1. The Bertz CT molecular complexity index is 599. The highest BCUT2D eigenvalue weighted by Gasteiger charge is 2.32. The van der Waals surface area contributed by atoms with Gasteiger partial charge in [0, 0.05) is 18.2 Å². The molecule has 2 N–H and O–H groups in total. The minimum atomic E-state index is -4.92. The van der Waals surface area contributed by atoms with Crippen LogP contribution in [0.5, 0.6) is 5.75 Å². The Kier molecular flexibility index (Phi) is 5.04. The van der Waals surface area contributed by atoms with Gasteiger partial charge in [-0.3, -0.25) is 0 Å². The van der Waals surface area contributed by atoms with E-state index >= 15 is 0 Å². The van der Waals surface area contributed by atoms with Crippen LogP contribution in [-0.2, 0) is 6.54 Å². The highest BCUT2D eigenvalue weighted by molar-refractivity contribution is 5.34. The lowest BCUT2D eigenvalue weighted by Gasteiger charge is -2.17. The number of hydrogen-bond donors (Lipinski definition) is 2. The van der Waals surface area contributed by atoms with Crippen LogP contribution in [-0.4, -0.2) is 18.1 Å². The van der Waals surface area contributed by atoms with E-state index in [0.717, 1.165) is 6.07 Å². The summed E-state index contributed by atoms with van der Waals surface area (Å²) in [6.07, 6.45) is -3.50. The first-order valence-electron chi connectivity index (χ1n) is 6.31. The van der Waals surface area contributed by atoms with E-state index in [-0.39, 0.29) is 18.7 Å². The van der Waals surface area contributed by atoms with Gasteiger partial charge in [-0.1, -0.05) is 6.07 Å². The van der Waals surface area contributed by atoms with Crippen LogP contribution in [0.4, 0.5) is 17.6 Å². The second-order valence-corrected chi connectivity index (χ2v) is 4.43. The van der Waals surface area contributed by atoms with E-state index in [1.807, 2.05) is 0 Å². The Morgan fingerprint density at radius 3 is 2.64 bits per heavy atom. The normalized spacial score (nSPS) is 13.1. The molecule has 2 rings (SSSR count). The van der Waals surface area contributed by atoms with Gasteiger partial charge in [0.15, 0.2) is 0 Å². The van der Waals surface area contributed by atoms with Crippen molar-refractivity contribution < 1.29 is 31.8 Å². The van der Waals surface area contributed by atoms with E-state index < -0.39 is 24.0 Å². The maximum absolute atomic E-state index is 13.1. The lowest BCUT2D eigenvalue weighted by molar-refractivity contribution is -0.275. The number of rotatable bonds is 6. The summed E-state index contributed by atoms with van der Waals surface area (Å²) in [5.74, 6) is -1.04. The van der Waals surface area contributed by atoms with Gasteiger partial charge in [0.2, 0.25) is 0 Å². The third kappa shape index (κ3) is 4.47. The predicted molar refractivity (Wildman–Crippen MR) is 68.5 cm³/mol. The number of alkyl halides is 3. The Labute approximate surface area is 123 Å². The first-order chi connectivity index (χ1) is 10.4. The van der Waals surface area contributed by atoms with Crippen LogP contribution >= 0.6 is 0 Å². The van der Waals surface area contributed by atoms with Crippen molar-refractivity contribution in [2.75, 3.05) is 6.61 Å². The summed E-state index contributed by atoms with van der Waals surface area (Å²) in [6, 6.07) is 5.51. The predicted octanol–water partition coefficient (Wildman–Crippen LogP) is 3.14. The van der Waals surface area contributed by atoms with Crippen LogP contribution < -0.4 is 10.1 Å². The molecule has 8 heteroatoms. The first kappa shape index (κ1) is 16.3. The molecule has 4 nitrogen and oxygen atoms in total. The molecule has 22 heavy (non-hydrogen) atoms. The van der Waals surface area contributed by atoms with E-state index in [0.29, 0.717) is 11.8 Å². The van der Waals surface area contributed by atoms with Crippen molar-refractivity contribution in [2.45, 2.75) is 18.9 Å². The second-order valence-electron chi connectivity index (χ2n) is 4.43. The van der Waals surface area contributed by atoms with E-state index in [9.17, 15) is 22.7 Å². The molecule has 0 saturated carbocycles. The summed E-state index contributed by atoms with van der Waals surface area (Å²) in [6.45, 7) is -0.387. The van der Waals surface area contributed by atoms with Gasteiger partial charge in [-0.25, -0.2) is 4.39 Å². The van der Waals surface area contributed by atoms with E-state index in [4.69, 9.17) is 4.42 Å². The van der Waals surface area contributed by atoms with Crippen LogP contribution in [0, 0.1) is 5.82 Å². The van der Waals surface area contributed by atoms with E-state index in [1.54, 1.807) is 12.1 Å². The molecule has 0 amide bonds. The van der Waals surface area contributed by atoms with Crippen molar-refractivity contribution in [2.24, 2.45) is 0 Å². The van der Waals surface area contributed by atoms with Crippen LogP contribution in [0.2, 0.25) is 0 Å². The number of aliphatic hydroxyl groups is 1. The fourth-order valence-electron chi connectivity index (χ4n) is 1.87. The maximum Gasteiger partial charge on any atom is 0.573 e. The molecule has 1 heterocycles. The lowest BCUT2D eigenvalue weighted by atomic mass is 10.1. The molecule has 0 aliphatic heterocycles. The second kappa shape index (κ2) is 6.80. The van der Waals surface area contributed by atoms with Crippen molar-refractivity contribution in [1.29, 1.82) is 0 Å². The standard InChI is InChI=1S/C14H13F4NO3/c15-10-4-3-9(13(6-10)22-14(16,17)18)7-19-11(8-20)12-2-1-5-21-12/h1-6,11,19-20H,7-8H2. The van der Waals surface area contributed by atoms with Crippen LogP contribution in [0.3, 0.4) is 0 Å². The molecule has 1 aromatic carbocycles. The number of benzene rings is 1. The first-order valence-corrected chi connectivity index (χ1v) is 6.31. The van der Waals surface area contributed by atoms with Crippen LogP contribution in [0.15, 0.2) is 41.0 Å². The van der Waals surface area contributed by atoms with Gasteiger partial charge in [0.25, 0.3) is 0 Å². The van der Waals surface area contributed by atoms with Gasteiger partial charge in [-0.15, -0.1) is 13.2 Å². The molecular weight excluding hydrogens is 306 g/mol. The monoisotopic (exact) mass is 319 g/mol. The zero-order chi connectivity index (χ0) is 16.2. The molecule has 0 bridgehead atoms. The smallest absolute Gasteiger partial charge is 0.468 e. The molecule has 0 spiro atoms. The van der Waals surface area contributed by atoms with Gasteiger partial charge in [-0.05, 0) is 18.2 Å². The highest BCUT2D eigenvalue weighted by atomic mass is 19.4. The van der Waals surface area contributed by atoms with Crippen LogP contribution in [0.25, 0.3) is 0 Å². The molecule has 1 unspecified atom stereocenters. The third-order valence-corrected chi connectivity index (χ3v) is 2.86. The van der Waals surface area contributed by atoms with Crippen molar-refractivity contribution in [1.82, 2.24) is 5.32 Å². The molecule has 0 aliphatic rings. The summed E-state index contributed by atoms with van der Waals surface area (Å²) in [5, 5.41) is 12.1. The summed E-state index contributed by atoms with van der Waals surface area (Å²) in [5.41, 5.74) is 0.101. The molecule has 0 radical (unpaired) electrons. The lowest BCUT2D eigenvalue weighted by Crippen LogP contribution is -2.25. The number of hydrogen-bond acceptors (Lipinski definition) is 4. The summed E-state index contributed by atoms with van der Waals surface area (Å²) in [7, 11) is 0. The molecule has 2 aromatic rings. The highest BCUT2D eigenvalue weighted by Crippen LogP contribution is 2.27. The van der Waals surface area contributed by atoms with Gasteiger partial charge >= 0.3 is 6.36 Å². The molecule has 1 aromatic heterocycles. The summed E-state index contributed by atoms with van der Waals surface area (Å²) in [4.78, 5) is 0. The van der Waals surface area contributed by atoms with E-state index in [2.05, 4.69) is 10.1 Å². The van der Waals surface area contributed by atoms with Gasteiger partial charge in [-0.2, -0.15) is 0 Å². The van der Waals surface area contributed by atoms with Crippen molar-refractivity contribution in [3.8, 4) is 5.75 Å². The zero-order valence-electron chi connectivity index (χ0n) is 11.2. The quantitative estimate of drug-likeness (QED) is 0.803. The summed E-state index contributed by atoms with van der Waals surface area (Å²) >= 11 is 0. The number of aliphatic hydroxyl groups excluding tert-OH is 1. The minimum absolute atomic E-state index is 0.0718. The van der Waals surface area contributed by atoms with Crippen molar-refractivity contribution in [3.05, 3.63) is 53.7 Å². The largest absolute Gasteiger partial charge is 0.573 e. The topological polar surface area (TPSA) is 54.6 Å². The molecule has 1 atom stereocenters. The fraction of sp³-hybridized carbons (Fsp3) is 0.286. The SMILES string of the molecule is OCC(NCc1ccc(F)cc1OC(F)(F)F)c1ccco1. The molecule has 120 valence electrons. The van der Waals surface area contributed by atoms with Crippen molar-refractivity contribution in [3.63, 3.8) is 0 Å². The Morgan fingerprint density at radius 2 is 2.05 bits per heavy atom. The Hall–Kier alpha value is -2.06. The average molecular weight is 319 g/mol. The van der Waals surface area contributed by atoms with Gasteiger partial charge in [0.1, 0.15) is 17.3 Å². The number of furan rings is 1. The molecule has 0 saturated heterocycles. The summed E-state index contributed by atoms with van der Waals surface area (Å²) < 4.78 is 59.0. The molecule has 0 fully saturated rings. The molecule has 0 aliphatic carbocycles. The van der Waals surface area contributed by atoms with Gasteiger partial charge < -0.3 is 19.6 Å². The number of halogens is 4. The maximum atomic E-state index is 13.1. The minimum Gasteiger partial charge on any atom is -0.468 e.